The molecule has 0 aliphatic carbocycles. The number of benzene rings is 1. The van der Waals surface area contributed by atoms with Gasteiger partial charge in [-0.25, -0.2) is 0 Å². The molecule has 1 amide bonds. The van der Waals surface area contributed by atoms with Gasteiger partial charge in [0.05, 0.1) is 5.69 Å². The number of hydrogen-bond acceptors (Lipinski definition) is 4. The Hall–Kier alpha value is -1.59. The third-order valence-corrected chi connectivity index (χ3v) is 4.64. The highest BCUT2D eigenvalue weighted by Crippen LogP contribution is 2.34. The molecule has 1 heterocycles. The summed E-state index contributed by atoms with van der Waals surface area (Å²) < 4.78 is 1.07. The van der Waals surface area contributed by atoms with Crippen LogP contribution in [-0.2, 0) is 0 Å². The molecule has 1 aromatic heterocycles. The van der Waals surface area contributed by atoms with Crippen LogP contribution >= 0.6 is 11.3 Å². The maximum Gasteiger partial charge on any atom is 0.263 e. The lowest BCUT2D eigenvalue weighted by atomic mass is 10.1. The Morgan fingerprint density at radius 2 is 2.14 bits per heavy atom. The van der Waals surface area contributed by atoms with Crippen molar-refractivity contribution < 1.29 is 4.79 Å². The van der Waals surface area contributed by atoms with Crippen molar-refractivity contribution in [1.82, 2.24) is 10.2 Å². The lowest BCUT2D eigenvalue weighted by Crippen LogP contribution is -2.34. The fraction of sp³-hybridized carbons (Fsp3) is 0.438. The summed E-state index contributed by atoms with van der Waals surface area (Å²) in [6.45, 7) is 5.01. The van der Waals surface area contributed by atoms with Crippen LogP contribution in [0.15, 0.2) is 18.2 Å². The minimum atomic E-state index is -0.0717. The van der Waals surface area contributed by atoms with Crippen LogP contribution in [0.25, 0.3) is 10.1 Å². The van der Waals surface area contributed by atoms with Crippen molar-refractivity contribution in [1.29, 1.82) is 0 Å². The van der Waals surface area contributed by atoms with Crippen molar-refractivity contribution in [2.24, 2.45) is 0 Å². The van der Waals surface area contributed by atoms with Crippen LogP contribution in [0.1, 0.15) is 28.6 Å². The van der Waals surface area contributed by atoms with Gasteiger partial charge in [-0.05, 0) is 52.5 Å². The summed E-state index contributed by atoms with van der Waals surface area (Å²) >= 11 is 1.47. The van der Waals surface area contributed by atoms with Gasteiger partial charge >= 0.3 is 0 Å². The SMILES string of the molecule is Cc1ccc2c(N)c(C(=O)NC(C)CCN(C)C)sc2c1. The van der Waals surface area contributed by atoms with Crippen molar-refractivity contribution in [3.05, 3.63) is 28.6 Å². The zero-order valence-corrected chi connectivity index (χ0v) is 13.9. The number of nitrogen functional groups attached to an aromatic ring is 1. The smallest absolute Gasteiger partial charge is 0.263 e. The van der Waals surface area contributed by atoms with E-state index in [0.717, 1.165) is 23.1 Å². The molecule has 3 N–H and O–H groups in total. The molecule has 1 aromatic carbocycles. The number of carbonyl (C=O) groups excluding carboxylic acids is 1. The third kappa shape index (κ3) is 3.74. The topological polar surface area (TPSA) is 58.4 Å². The van der Waals surface area contributed by atoms with Gasteiger partial charge in [-0.15, -0.1) is 11.3 Å². The van der Waals surface area contributed by atoms with Crippen molar-refractivity contribution in [3.8, 4) is 0 Å². The number of thiophene rings is 1. The van der Waals surface area contributed by atoms with Gasteiger partial charge in [-0.2, -0.15) is 0 Å². The average Bonchev–Trinajstić information content (AvgIpc) is 2.73. The van der Waals surface area contributed by atoms with Crippen LogP contribution in [0.2, 0.25) is 0 Å². The summed E-state index contributed by atoms with van der Waals surface area (Å²) in [6, 6.07) is 6.21. The number of hydrogen-bond donors (Lipinski definition) is 2. The summed E-state index contributed by atoms with van der Waals surface area (Å²) in [4.78, 5) is 15.1. The van der Waals surface area contributed by atoms with E-state index in [-0.39, 0.29) is 11.9 Å². The molecule has 4 nitrogen and oxygen atoms in total. The van der Waals surface area contributed by atoms with Crippen LogP contribution in [0.4, 0.5) is 5.69 Å². The minimum Gasteiger partial charge on any atom is -0.397 e. The van der Waals surface area contributed by atoms with Gasteiger partial charge in [0, 0.05) is 16.1 Å². The fourth-order valence-corrected chi connectivity index (χ4v) is 3.33. The quantitative estimate of drug-likeness (QED) is 0.893. The molecule has 114 valence electrons. The standard InChI is InChI=1S/C16H23N3OS/c1-10-5-6-12-13(9-10)21-15(14(12)17)16(20)18-11(2)7-8-19(3)4/h5-6,9,11H,7-8,17H2,1-4H3,(H,18,20). The molecule has 0 aliphatic heterocycles. The first-order chi connectivity index (χ1) is 9.88. The van der Waals surface area contributed by atoms with Crippen molar-refractivity contribution in [2.45, 2.75) is 26.3 Å². The van der Waals surface area contributed by atoms with E-state index in [2.05, 4.69) is 16.3 Å². The van der Waals surface area contributed by atoms with Gasteiger partial charge in [-0.3, -0.25) is 4.79 Å². The molecular formula is C16H23N3OS. The van der Waals surface area contributed by atoms with Crippen molar-refractivity contribution in [2.75, 3.05) is 26.4 Å². The summed E-state index contributed by atoms with van der Waals surface area (Å²) in [5.74, 6) is -0.0717. The van der Waals surface area contributed by atoms with Crippen molar-refractivity contribution in [3.63, 3.8) is 0 Å². The summed E-state index contributed by atoms with van der Waals surface area (Å²) in [5, 5.41) is 4.00. The lowest BCUT2D eigenvalue weighted by Gasteiger charge is -2.16. The van der Waals surface area contributed by atoms with Crippen LogP contribution in [-0.4, -0.2) is 37.5 Å². The monoisotopic (exact) mass is 305 g/mol. The predicted octanol–water partition coefficient (Wildman–Crippen LogP) is 2.86. The molecule has 1 atom stereocenters. The summed E-state index contributed by atoms with van der Waals surface area (Å²) in [5.41, 5.74) is 7.90. The highest BCUT2D eigenvalue weighted by atomic mass is 32.1. The van der Waals surface area contributed by atoms with Crippen LogP contribution in [0.5, 0.6) is 0 Å². The zero-order valence-electron chi connectivity index (χ0n) is 13.1. The molecule has 2 rings (SSSR count). The fourth-order valence-electron chi connectivity index (χ4n) is 2.21. The summed E-state index contributed by atoms with van der Waals surface area (Å²) in [7, 11) is 4.06. The molecule has 21 heavy (non-hydrogen) atoms. The lowest BCUT2D eigenvalue weighted by molar-refractivity contribution is 0.0942. The van der Waals surface area contributed by atoms with E-state index in [1.165, 1.54) is 16.9 Å². The minimum absolute atomic E-state index is 0.0717. The van der Waals surface area contributed by atoms with Gasteiger partial charge in [-0.1, -0.05) is 12.1 Å². The molecule has 0 fully saturated rings. The van der Waals surface area contributed by atoms with Gasteiger partial charge < -0.3 is 16.0 Å². The third-order valence-electron chi connectivity index (χ3n) is 3.48. The number of nitrogens with zero attached hydrogens (tertiary/aromatic N) is 1. The number of amides is 1. The van der Waals surface area contributed by atoms with E-state index in [4.69, 9.17) is 5.73 Å². The molecule has 0 saturated heterocycles. The van der Waals surface area contributed by atoms with Gasteiger partial charge in [0.15, 0.2) is 0 Å². The zero-order chi connectivity index (χ0) is 15.6. The number of aryl methyl sites for hydroxylation is 1. The van der Waals surface area contributed by atoms with E-state index in [1.807, 2.05) is 40.1 Å². The van der Waals surface area contributed by atoms with Gasteiger partial charge in [0.25, 0.3) is 5.91 Å². The van der Waals surface area contributed by atoms with E-state index in [0.29, 0.717) is 10.6 Å². The van der Waals surface area contributed by atoms with Crippen LogP contribution in [0.3, 0.4) is 0 Å². The number of nitrogens with two attached hydrogens (primary N) is 1. The van der Waals surface area contributed by atoms with Crippen LogP contribution in [0, 0.1) is 6.92 Å². The molecule has 2 aromatic rings. The van der Waals surface area contributed by atoms with Crippen LogP contribution < -0.4 is 11.1 Å². The Balaban J connectivity index is 2.14. The second kappa shape index (κ2) is 6.45. The molecule has 0 spiro atoms. The normalized spacial score (nSPS) is 12.8. The molecule has 0 aliphatic rings. The molecular weight excluding hydrogens is 282 g/mol. The molecule has 1 unspecified atom stereocenters. The highest BCUT2D eigenvalue weighted by Gasteiger charge is 2.18. The van der Waals surface area contributed by atoms with E-state index in [9.17, 15) is 4.79 Å². The Labute approximate surface area is 129 Å². The van der Waals surface area contributed by atoms with Gasteiger partial charge in [0.1, 0.15) is 4.88 Å². The maximum atomic E-state index is 12.4. The van der Waals surface area contributed by atoms with Crippen molar-refractivity contribution >= 4 is 33.0 Å². The predicted molar refractivity (Wildman–Crippen MR) is 91.1 cm³/mol. The Kier molecular flexibility index (Phi) is 4.85. The number of fused-ring (bicyclic) bond motifs is 1. The Bertz CT molecular complexity index is 648. The maximum absolute atomic E-state index is 12.4. The molecule has 5 heteroatoms. The van der Waals surface area contributed by atoms with E-state index in [1.54, 1.807) is 0 Å². The first-order valence-electron chi connectivity index (χ1n) is 7.12. The largest absolute Gasteiger partial charge is 0.397 e. The van der Waals surface area contributed by atoms with Gasteiger partial charge in [0.2, 0.25) is 0 Å². The first kappa shape index (κ1) is 15.8. The Morgan fingerprint density at radius 3 is 2.81 bits per heavy atom. The van der Waals surface area contributed by atoms with E-state index >= 15 is 0 Å². The first-order valence-corrected chi connectivity index (χ1v) is 7.94. The average molecular weight is 305 g/mol. The molecule has 0 radical (unpaired) electrons. The second-order valence-electron chi connectivity index (χ2n) is 5.81. The number of carbonyl (C=O) groups is 1. The summed E-state index contributed by atoms with van der Waals surface area (Å²) in [6.07, 6.45) is 0.919. The second-order valence-corrected chi connectivity index (χ2v) is 6.86. The highest BCUT2D eigenvalue weighted by molar-refractivity contribution is 7.21. The number of nitrogens with one attached hydrogen (secondary N) is 1. The molecule has 0 bridgehead atoms. The number of rotatable bonds is 5. The number of anilines is 1. The van der Waals surface area contributed by atoms with E-state index < -0.39 is 0 Å². The molecule has 0 saturated carbocycles. The Morgan fingerprint density at radius 1 is 1.43 bits per heavy atom.